The maximum absolute atomic E-state index is 12.0. The van der Waals surface area contributed by atoms with Crippen LogP contribution < -0.4 is 5.32 Å². The van der Waals surface area contributed by atoms with E-state index in [2.05, 4.69) is 5.32 Å². The van der Waals surface area contributed by atoms with Crippen LogP contribution in [0.25, 0.3) is 0 Å². The normalized spacial score (nSPS) is 11.4. The molecule has 0 radical (unpaired) electrons. The maximum atomic E-state index is 12.0. The summed E-state index contributed by atoms with van der Waals surface area (Å²) >= 11 is 1.37. The van der Waals surface area contributed by atoms with Crippen LogP contribution in [-0.2, 0) is 14.3 Å². The van der Waals surface area contributed by atoms with Crippen molar-refractivity contribution in [2.45, 2.75) is 17.1 Å². The number of nitrogens with zero attached hydrogens (tertiary/aromatic N) is 1. The zero-order chi connectivity index (χ0) is 19.8. The van der Waals surface area contributed by atoms with Crippen molar-refractivity contribution >= 4 is 35.2 Å². The maximum Gasteiger partial charge on any atom is 0.319 e. The van der Waals surface area contributed by atoms with E-state index in [-0.39, 0.29) is 12.5 Å². The molecule has 142 valence electrons. The van der Waals surface area contributed by atoms with Gasteiger partial charge in [-0.3, -0.25) is 14.4 Å². The number of rotatable bonds is 7. The molecule has 0 saturated heterocycles. The van der Waals surface area contributed by atoms with Crippen molar-refractivity contribution in [3.05, 3.63) is 60.2 Å². The molecule has 0 heterocycles. The van der Waals surface area contributed by atoms with E-state index < -0.39 is 17.1 Å². The molecule has 0 aliphatic heterocycles. The Morgan fingerprint density at radius 1 is 1.04 bits per heavy atom. The van der Waals surface area contributed by atoms with Gasteiger partial charge in [-0.25, -0.2) is 0 Å². The highest BCUT2D eigenvalue weighted by Crippen LogP contribution is 2.23. The lowest BCUT2D eigenvalue weighted by Crippen LogP contribution is -2.25. The SMILES string of the molecule is C[C@@H](Sc1ccccc1)C(=O)OCC(=O)Nc1ccc(C(=O)N(C)C)cc1. The minimum atomic E-state index is -0.453. The summed E-state index contributed by atoms with van der Waals surface area (Å²) in [5.74, 6) is -1.01. The van der Waals surface area contributed by atoms with Gasteiger partial charge in [0.25, 0.3) is 11.8 Å². The van der Waals surface area contributed by atoms with Crippen LogP contribution in [-0.4, -0.2) is 48.6 Å². The minimum Gasteiger partial charge on any atom is -0.455 e. The van der Waals surface area contributed by atoms with E-state index in [4.69, 9.17) is 4.74 Å². The van der Waals surface area contributed by atoms with E-state index in [9.17, 15) is 14.4 Å². The molecule has 0 fully saturated rings. The number of carbonyl (C=O) groups is 3. The summed E-state index contributed by atoms with van der Waals surface area (Å²) in [6, 6.07) is 16.0. The minimum absolute atomic E-state index is 0.119. The van der Waals surface area contributed by atoms with Gasteiger partial charge >= 0.3 is 5.97 Å². The van der Waals surface area contributed by atoms with Gasteiger partial charge in [-0.1, -0.05) is 18.2 Å². The van der Waals surface area contributed by atoms with Crippen molar-refractivity contribution in [2.75, 3.05) is 26.0 Å². The molecular formula is C20H22N2O4S. The number of benzene rings is 2. The van der Waals surface area contributed by atoms with Gasteiger partial charge in [0.05, 0.1) is 0 Å². The number of esters is 1. The highest BCUT2D eigenvalue weighted by molar-refractivity contribution is 8.00. The van der Waals surface area contributed by atoms with Gasteiger partial charge in [-0.05, 0) is 43.3 Å². The van der Waals surface area contributed by atoms with Crippen LogP contribution in [0.3, 0.4) is 0 Å². The summed E-state index contributed by atoms with van der Waals surface area (Å²) < 4.78 is 5.07. The summed E-state index contributed by atoms with van der Waals surface area (Å²) in [7, 11) is 3.34. The zero-order valence-corrected chi connectivity index (χ0v) is 16.3. The summed E-state index contributed by atoms with van der Waals surface area (Å²) in [6.45, 7) is 1.37. The Morgan fingerprint density at radius 3 is 2.26 bits per heavy atom. The molecule has 6 nitrogen and oxygen atoms in total. The molecule has 0 aliphatic carbocycles. The molecule has 0 bridgehead atoms. The topological polar surface area (TPSA) is 75.7 Å². The average molecular weight is 386 g/mol. The van der Waals surface area contributed by atoms with Crippen LogP contribution >= 0.6 is 11.8 Å². The molecule has 7 heteroatoms. The smallest absolute Gasteiger partial charge is 0.319 e. The van der Waals surface area contributed by atoms with Crippen LogP contribution in [0.15, 0.2) is 59.5 Å². The second-order valence-electron chi connectivity index (χ2n) is 6.01. The average Bonchev–Trinajstić information content (AvgIpc) is 2.66. The molecule has 2 aromatic carbocycles. The summed E-state index contributed by atoms with van der Waals surface area (Å²) in [5, 5.41) is 2.21. The van der Waals surface area contributed by atoms with E-state index >= 15 is 0 Å². The van der Waals surface area contributed by atoms with Crippen LogP contribution in [0.5, 0.6) is 0 Å². The van der Waals surface area contributed by atoms with E-state index in [1.54, 1.807) is 45.3 Å². The molecule has 2 rings (SSSR count). The van der Waals surface area contributed by atoms with E-state index in [1.807, 2.05) is 30.3 Å². The third kappa shape index (κ3) is 6.45. The molecule has 0 aliphatic rings. The first-order valence-electron chi connectivity index (χ1n) is 8.36. The number of nitrogens with one attached hydrogen (secondary N) is 1. The summed E-state index contributed by atoms with van der Waals surface area (Å²) in [6.07, 6.45) is 0. The number of amides is 2. The van der Waals surface area contributed by atoms with E-state index in [0.717, 1.165) is 4.90 Å². The molecule has 2 amide bonds. The molecule has 0 unspecified atom stereocenters. The Hall–Kier alpha value is -2.80. The fourth-order valence-corrected chi connectivity index (χ4v) is 3.04. The van der Waals surface area contributed by atoms with Gasteiger partial charge in [-0.2, -0.15) is 0 Å². The first-order valence-corrected chi connectivity index (χ1v) is 9.24. The van der Waals surface area contributed by atoms with Gasteiger partial charge in [0.2, 0.25) is 0 Å². The van der Waals surface area contributed by atoms with E-state index in [1.165, 1.54) is 16.7 Å². The molecule has 27 heavy (non-hydrogen) atoms. The molecule has 1 atom stereocenters. The highest BCUT2D eigenvalue weighted by atomic mass is 32.2. The summed E-state index contributed by atoms with van der Waals surface area (Å²) in [4.78, 5) is 38.2. The van der Waals surface area contributed by atoms with Gasteiger partial charge in [0, 0.05) is 30.2 Å². The fraction of sp³-hybridized carbons (Fsp3) is 0.250. The lowest BCUT2D eigenvalue weighted by atomic mass is 10.2. The summed E-state index contributed by atoms with van der Waals surface area (Å²) in [5.41, 5.74) is 1.05. The molecule has 0 aromatic heterocycles. The Balaban J connectivity index is 1.80. The van der Waals surface area contributed by atoms with Crippen molar-refractivity contribution in [2.24, 2.45) is 0 Å². The Morgan fingerprint density at radius 2 is 1.67 bits per heavy atom. The van der Waals surface area contributed by atoms with Crippen LogP contribution in [0.1, 0.15) is 17.3 Å². The molecule has 0 spiro atoms. The van der Waals surface area contributed by atoms with Crippen molar-refractivity contribution in [3.8, 4) is 0 Å². The monoisotopic (exact) mass is 386 g/mol. The first-order chi connectivity index (χ1) is 12.9. The van der Waals surface area contributed by atoms with Crippen LogP contribution in [0.2, 0.25) is 0 Å². The van der Waals surface area contributed by atoms with Crippen molar-refractivity contribution in [3.63, 3.8) is 0 Å². The molecule has 2 aromatic rings. The van der Waals surface area contributed by atoms with Gasteiger partial charge < -0.3 is 15.0 Å². The number of thioether (sulfide) groups is 1. The van der Waals surface area contributed by atoms with Crippen LogP contribution in [0, 0.1) is 0 Å². The number of hydrogen-bond donors (Lipinski definition) is 1. The highest BCUT2D eigenvalue weighted by Gasteiger charge is 2.17. The fourth-order valence-electron chi connectivity index (χ4n) is 2.16. The lowest BCUT2D eigenvalue weighted by Gasteiger charge is -2.12. The zero-order valence-electron chi connectivity index (χ0n) is 15.5. The van der Waals surface area contributed by atoms with Crippen molar-refractivity contribution in [1.29, 1.82) is 0 Å². The predicted molar refractivity (Wildman–Crippen MR) is 106 cm³/mol. The third-order valence-corrected chi connectivity index (χ3v) is 4.65. The Labute approximate surface area is 162 Å². The van der Waals surface area contributed by atoms with Crippen LogP contribution in [0.4, 0.5) is 5.69 Å². The standard InChI is InChI=1S/C20H22N2O4S/c1-14(27-17-7-5-4-6-8-17)20(25)26-13-18(23)21-16-11-9-15(10-12-16)19(24)22(2)3/h4-12,14H,13H2,1-3H3,(H,21,23)/t14-/m1/s1. The molecular weight excluding hydrogens is 364 g/mol. The van der Waals surface area contributed by atoms with Crippen molar-refractivity contribution in [1.82, 2.24) is 4.90 Å². The second-order valence-corrected chi connectivity index (χ2v) is 7.42. The first kappa shape index (κ1) is 20.5. The van der Waals surface area contributed by atoms with Gasteiger partial charge in [-0.15, -0.1) is 11.8 Å². The Kier molecular flexibility index (Phi) is 7.43. The van der Waals surface area contributed by atoms with Gasteiger partial charge in [0.1, 0.15) is 5.25 Å². The second kappa shape index (κ2) is 9.78. The largest absolute Gasteiger partial charge is 0.455 e. The Bertz CT molecular complexity index is 791. The third-order valence-electron chi connectivity index (χ3n) is 3.56. The van der Waals surface area contributed by atoms with Crippen molar-refractivity contribution < 1.29 is 19.1 Å². The van der Waals surface area contributed by atoms with Gasteiger partial charge in [0.15, 0.2) is 6.61 Å². The number of hydrogen-bond acceptors (Lipinski definition) is 5. The number of carbonyl (C=O) groups excluding carboxylic acids is 3. The lowest BCUT2D eigenvalue weighted by molar-refractivity contribution is -0.146. The quantitative estimate of drug-likeness (QED) is 0.585. The molecule has 0 saturated carbocycles. The molecule has 1 N–H and O–H groups in total. The number of anilines is 1. The van der Waals surface area contributed by atoms with E-state index in [0.29, 0.717) is 11.3 Å². The predicted octanol–water partition coefficient (Wildman–Crippen LogP) is 3.05. The number of ether oxygens (including phenoxy) is 1.